The lowest BCUT2D eigenvalue weighted by molar-refractivity contribution is -0.0585. The van der Waals surface area contributed by atoms with Gasteiger partial charge in [-0.05, 0) is 36.8 Å². The maximum Gasteiger partial charge on any atom is 0.120 e. The quantitative estimate of drug-likeness (QED) is 0.814. The lowest BCUT2D eigenvalue weighted by atomic mass is 10.0. The Balaban J connectivity index is 2.22. The summed E-state index contributed by atoms with van der Waals surface area (Å²) < 4.78 is 6.23. The number of hydrogen-bond donors (Lipinski definition) is 2. The van der Waals surface area contributed by atoms with E-state index in [4.69, 9.17) is 4.74 Å². The molecule has 1 aliphatic rings. The van der Waals surface area contributed by atoms with Crippen molar-refractivity contribution in [3.8, 4) is 0 Å². The van der Waals surface area contributed by atoms with Gasteiger partial charge in [0.25, 0.3) is 0 Å². The maximum absolute atomic E-state index is 9.58. The molecular weight excluding hydrogens is 258 g/mol. The molecule has 0 saturated carbocycles. The van der Waals surface area contributed by atoms with Crippen LogP contribution in [0.1, 0.15) is 38.4 Å². The average molecular weight is 281 g/mol. The number of aliphatic hydroxyl groups excluding tert-OH is 1. The third kappa shape index (κ3) is 2.97. The first-order valence-electron chi connectivity index (χ1n) is 6.88. The molecule has 0 spiro atoms. The lowest BCUT2D eigenvalue weighted by Crippen LogP contribution is -2.44. The Bertz CT molecular complexity index is 403. The van der Waals surface area contributed by atoms with Crippen LogP contribution < -0.4 is 5.32 Å². The summed E-state index contributed by atoms with van der Waals surface area (Å²) in [6.07, 6.45) is 3.80. The first-order chi connectivity index (χ1) is 9.18. The summed E-state index contributed by atoms with van der Waals surface area (Å²) in [6, 6.07) is 8.38. The number of hydrogen-bond acceptors (Lipinski definition) is 4. The summed E-state index contributed by atoms with van der Waals surface area (Å²) in [5, 5.41) is 13.0. The summed E-state index contributed by atoms with van der Waals surface area (Å²) >= 11 is 1.73. The molecule has 1 aromatic rings. The van der Waals surface area contributed by atoms with E-state index in [0.29, 0.717) is 0 Å². The Morgan fingerprint density at radius 3 is 2.37 bits per heavy atom. The molecule has 4 heteroatoms. The largest absolute Gasteiger partial charge is 0.395 e. The molecule has 1 aliphatic heterocycles. The fourth-order valence-corrected chi connectivity index (χ4v) is 3.04. The highest BCUT2D eigenvalue weighted by molar-refractivity contribution is 7.98. The van der Waals surface area contributed by atoms with Gasteiger partial charge < -0.3 is 9.84 Å². The zero-order chi connectivity index (χ0) is 13.9. The van der Waals surface area contributed by atoms with Crippen molar-refractivity contribution >= 4 is 11.8 Å². The smallest absolute Gasteiger partial charge is 0.120 e. The number of rotatable bonds is 5. The molecule has 2 rings (SSSR count). The molecule has 2 N–H and O–H groups in total. The van der Waals surface area contributed by atoms with Gasteiger partial charge in [-0.25, -0.2) is 0 Å². The van der Waals surface area contributed by atoms with Crippen LogP contribution in [-0.4, -0.2) is 29.7 Å². The van der Waals surface area contributed by atoms with Crippen LogP contribution in [0.25, 0.3) is 0 Å². The highest BCUT2D eigenvalue weighted by Crippen LogP contribution is 2.37. The molecule has 0 amide bonds. The summed E-state index contributed by atoms with van der Waals surface area (Å²) in [5.41, 5.74) is 0.837. The van der Waals surface area contributed by atoms with Gasteiger partial charge in [-0.1, -0.05) is 26.0 Å². The number of nitrogens with one attached hydrogen (secondary N) is 1. The Kier molecular flexibility index (Phi) is 4.90. The van der Waals surface area contributed by atoms with E-state index in [1.165, 1.54) is 4.90 Å². The summed E-state index contributed by atoms with van der Waals surface area (Å²) in [4.78, 5) is 1.24. The van der Waals surface area contributed by atoms with E-state index in [1.54, 1.807) is 11.8 Å². The predicted molar refractivity (Wildman–Crippen MR) is 79.4 cm³/mol. The van der Waals surface area contributed by atoms with E-state index < -0.39 is 0 Å². The van der Waals surface area contributed by atoms with Gasteiger partial charge in [0.15, 0.2) is 0 Å². The highest BCUT2D eigenvalue weighted by Gasteiger charge is 2.43. The first kappa shape index (κ1) is 14.9. The van der Waals surface area contributed by atoms with Crippen molar-refractivity contribution in [2.45, 2.75) is 49.5 Å². The van der Waals surface area contributed by atoms with Crippen LogP contribution in [0.15, 0.2) is 29.2 Å². The first-order valence-corrected chi connectivity index (χ1v) is 8.10. The molecule has 0 aromatic heterocycles. The molecule has 0 bridgehead atoms. The zero-order valence-corrected chi connectivity index (χ0v) is 12.7. The molecule has 3 nitrogen and oxygen atoms in total. The van der Waals surface area contributed by atoms with Crippen molar-refractivity contribution in [1.82, 2.24) is 5.32 Å². The fourth-order valence-electron chi connectivity index (χ4n) is 2.63. The van der Waals surface area contributed by atoms with Crippen LogP contribution in [0.4, 0.5) is 0 Å². The Morgan fingerprint density at radius 1 is 1.26 bits per heavy atom. The third-order valence-electron chi connectivity index (χ3n) is 3.95. The van der Waals surface area contributed by atoms with E-state index in [-0.39, 0.29) is 24.5 Å². The second-order valence-electron chi connectivity index (χ2n) is 4.95. The van der Waals surface area contributed by atoms with Crippen LogP contribution >= 0.6 is 11.8 Å². The number of benzene rings is 1. The lowest BCUT2D eigenvalue weighted by Gasteiger charge is -2.26. The highest BCUT2D eigenvalue weighted by atomic mass is 32.2. The monoisotopic (exact) mass is 281 g/mol. The molecule has 0 unspecified atom stereocenters. The van der Waals surface area contributed by atoms with Crippen molar-refractivity contribution in [2.24, 2.45) is 0 Å². The molecule has 1 heterocycles. The van der Waals surface area contributed by atoms with E-state index >= 15 is 0 Å². The van der Waals surface area contributed by atoms with E-state index in [9.17, 15) is 5.11 Å². The molecule has 19 heavy (non-hydrogen) atoms. The van der Waals surface area contributed by atoms with Gasteiger partial charge in [0.2, 0.25) is 0 Å². The molecule has 1 fully saturated rings. The molecule has 106 valence electrons. The fraction of sp³-hybridized carbons (Fsp3) is 0.600. The normalized spacial score (nSPS) is 25.7. The standard InChI is InChI=1S/C15H23NO2S/c1-4-15(5-2)16-13(10-17)14(18-15)11-6-8-12(19-3)9-7-11/h6-9,13-14,16-17H,4-5,10H2,1-3H3/t13-,14-/m0/s1. The van der Waals surface area contributed by atoms with Gasteiger partial charge in [-0.15, -0.1) is 11.8 Å². The van der Waals surface area contributed by atoms with Gasteiger partial charge in [0, 0.05) is 4.90 Å². The van der Waals surface area contributed by atoms with Crippen molar-refractivity contribution < 1.29 is 9.84 Å². The van der Waals surface area contributed by atoms with Crippen molar-refractivity contribution in [3.63, 3.8) is 0 Å². The van der Waals surface area contributed by atoms with E-state index in [1.807, 2.05) is 0 Å². The Morgan fingerprint density at radius 2 is 1.89 bits per heavy atom. The van der Waals surface area contributed by atoms with Gasteiger partial charge in [0.1, 0.15) is 11.8 Å². The van der Waals surface area contributed by atoms with Crippen molar-refractivity contribution in [3.05, 3.63) is 29.8 Å². The average Bonchev–Trinajstić information content (AvgIpc) is 2.87. The predicted octanol–water partition coefficient (Wildman–Crippen LogP) is 2.95. The molecule has 0 radical (unpaired) electrons. The summed E-state index contributed by atoms with van der Waals surface area (Å²) in [7, 11) is 0. The second-order valence-corrected chi connectivity index (χ2v) is 5.83. The number of thioether (sulfide) groups is 1. The van der Waals surface area contributed by atoms with Crippen LogP contribution in [0, 0.1) is 0 Å². The van der Waals surface area contributed by atoms with Gasteiger partial charge >= 0.3 is 0 Å². The molecule has 2 atom stereocenters. The SMILES string of the molecule is CCC1(CC)N[C@@H](CO)[C@H](c2ccc(SC)cc2)O1. The van der Waals surface area contributed by atoms with Crippen molar-refractivity contribution in [2.75, 3.05) is 12.9 Å². The van der Waals surface area contributed by atoms with Crippen LogP contribution in [0.3, 0.4) is 0 Å². The van der Waals surface area contributed by atoms with Gasteiger partial charge in [-0.3, -0.25) is 5.32 Å². The zero-order valence-electron chi connectivity index (χ0n) is 11.8. The van der Waals surface area contributed by atoms with Crippen molar-refractivity contribution in [1.29, 1.82) is 0 Å². The minimum absolute atomic E-state index is 0.0278. The van der Waals surface area contributed by atoms with Gasteiger partial charge in [0.05, 0.1) is 12.6 Å². The van der Waals surface area contributed by atoms with Gasteiger partial charge in [-0.2, -0.15) is 0 Å². The number of ether oxygens (including phenoxy) is 1. The topological polar surface area (TPSA) is 41.5 Å². The summed E-state index contributed by atoms with van der Waals surface area (Å²) in [6.45, 7) is 4.32. The second kappa shape index (κ2) is 6.27. The minimum atomic E-state index is -0.295. The van der Waals surface area contributed by atoms with E-state index in [0.717, 1.165) is 18.4 Å². The maximum atomic E-state index is 9.58. The van der Waals surface area contributed by atoms with Crippen LogP contribution in [0.2, 0.25) is 0 Å². The molecule has 0 aliphatic carbocycles. The Labute approximate surface area is 119 Å². The van der Waals surface area contributed by atoms with E-state index in [2.05, 4.69) is 49.7 Å². The molecule has 1 saturated heterocycles. The molecule has 1 aromatic carbocycles. The third-order valence-corrected chi connectivity index (χ3v) is 4.69. The minimum Gasteiger partial charge on any atom is -0.395 e. The Hall–Kier alpha value is -0.550. The summed E-state index contributed by atoms with van der Waals surface area (Å²) in [5.74, 6) is 0. The van der Waals surface area contributed by atoms with Crippen LogP contribution in [0.5, 0.6) is 0 Å². The molecular formula is C15H23NO2S. The number of aliphatic hydroxyl groups is 1. The van der Waals surface area contributed by atoms with Crippen LogP contribution in [-0.2, 0) is 4.74 Å².